The van der Waals surface area contributed by atoms with Crippen LogP contribution in [0.5, 0.6) is 5.75 Å². The van der Waals surface area contributed by atoms with Crippen molar-refractivity contribution in [2.45, 2.75) is 50.5 Å². The lowest BCUT2D eigenvalue weighted by atomic mass is 9.84. The number of hydrogen-bond donors (Lipinski definition) is 3. The molecule has 1 aliphatic heterocycles. The summed E-state index contributed by atoms with van der Waals surface area (Å²) in [6.07, 6.45) is 6.88. The molecule has 1 saturated carbocycles. The van der Waals surface area contributed by atoms with E-state index < -0.39 is 5.60 Å². The highest BCUT2D eigenvalue weighted by molar-refractivity contribution is 5.93. The second-order valence-electron chi connectivity index (χ2n) is 7.34. The molecule has 2 aliphatic rings. The van der Waals surface area contributed by atoms with Crippen LogP contribution in [0.15, 0.2) is 24.3 Å². The summed E-state index contributed by atoms with van der Waals surface area (Å²) in [5.41, 5.74) is -0.0511. The maximum atomic E-state index is 12.4. The summed E-state index contributed by atoms with van der Waals surface area (Å²) in [6, 6.07) is 6.81. The predicted octanol–water partition coefficient (Wildman–Crippen LogP) is 2.74. The lowest BCUT2D eigenvalue weighted by Gasteiger charge is -2.39. The molecule has 1 saturated heterocycles. The molecule has 1 amide bonds. The summed E-state index contributed by atoms with van der Waals surface area (Å²) in [5.74, 6) is 0.0530. The first-order chi connectivity index (χ1) is 11.6. The molecule has 3 rings (SSSR count). The van der Waals surface area contributed by atoms with Crippen molar-refractivity contribution in [1.29, 1.82) is 0 Å². The molecular formula is C19H28N2O3. The fraction of sp³-hybridized carbons (Fsp3) is 0.632. The van der Waals surface area contributed by atoms with Crippen LogP contribution in [0.3, 0.4) is 0 Å². The molecule has 1 aliphatic carbocycles. The molecule has 0 atom stereocenters. The third-order valence-electron chi connectivity index (χ3n) is 5.42. The van der Waals surface area contributed by atoms with Gasteiger partial charge in [-0.3, -0.25) is 4.79 Å². The first kappa shape index (κ1) is 17.2. The lowest BCUT2D eigenvalue weighted by molar-refractivity contribution is -0.121. The highest BCUT2D eigenvalue weighted by Gasteiger charge is 2.33. The number of carbonyl (C=O) groups excluding carboxylic acids is 1. The van der Waals surface area contributed by atoms with Crippen LogP contribution < -0.4 is 5.32 Å². The Morgan fingerprint density at radius 1 is 1.17 bits per heavy atom. The number of amides is 1. The Kier molecular flexibility index (Phi) is 5.41. The van der Waals surface area contributed by atoms with Gasteiger partial charge in [0, 0.05) is 12.5 Å². The summed E-state index contributed by atoms with van der Waals surface area (Å²) in [4.78, 5) is 14.7. The van der Waals surface area contributed by atoms with E-state index in [1.54, 1.807) is 24.3 Å². The number of anilines is 1. The standard InChI is InChI=1S/C19H28N2O3/c22-17-7-3-2-6-16(17)20-18(23)15-8-12-21(13-9-15)14-19(24)10-4-1-5-11-19/h2-3,6-7,15,22,24H,1,4-5,8-14H2,(H,20,23). The summed E-state index contributed by atoms with van der Waals surface area (Å²) < 4.78 is 0. The Morgan fingerprint density at radius 3 is 2.50 bits per heavy atom. The van der Waals surface area contributed by atoms with E-state index in [1.165, 1.54) is 6.42 Å². The summed E-state index contributed by atoms with van der Waals surface area (Å²) in [5, 5.41) is 23.3. The molecule has 0 spiro atoms. The molecule has 5 heteroatoms. The quantitative estimate of drug-likeness (QED) is 0.741. The van der Waals surface area contributed by atoms with Gasteiger partial charge in [0.2, 0.25) is 5.91 Å². The number of β-amino-alcohol motifs (C(OH)–C–C–N with tert-alkyl or cyclic N) is 1. The number of nitrogens with zero attached hydrogens (tertiary/aromatic N) is 1. The number of aromatic hydroxyl groups is 1. The number of aliphatic hydroxyl groups is 1. The van der Waals surface area contributed by atoms with Crippen LogP contribution in [-0.4, -0.2) is 46.3 Å². The zero-order chi connectivity index (χ0) is 17.0. The zero-order valence-corrected chi connectivity index (χ0v) is 14.2. The fourth-order valence-electron chi connectivity index (χ4n) is 3.95. The number of rotatable bonds is 4. The van der Waals surface area contributed by atoms with Gasteiger partial charge < -0.3 is 20.4 Å². The van der Waals surface area contributed by atoms with Gasteiger partial charge in [-0.15, -0.1) is 0 Å². The predicted molar refractivity (Wildman–Crippen MR) is 93.9 cm³/mol. The normalized spacial score (nSPS) is 22.2. The van der Waals surface area contributed by atoms with E-state index >= 15 is 0 Å². The Morgan fingerprint density at radius 2 is 1.83 bits per heavy atom. The minimum absolute atomic E-state index is 0.0208. The number of hydrogen-bond acceptors (Lipinski definition) is 4. The SMILES string of the molecule is O=C(Nc1ccccc1O)C1CCN(CC2(O)CCCCC2)CC1. The van der Waals surface area contributed by atoms with Gasteiger partial charge in [0.1, 0.15) is 5.75 Å². The van der Waals surface area contributed by atoms with Crippen molar-refractivity contribution in [1.82, 2.24) is 4.90 Å². The van der Waals surface area contributed by atoms with E-state index in [0.29, 0.717) is 5.69 Å². The second kappa shape index (κ2) is 7.53. The van der Waals surface area contributed by atoms with E-state index in [2.05, 4.69) is 10.2 Å². The number of para-hydroxylation sites is 2. The Bertz CT molecular complexity index is 561. The molecule has 2 fully saturated rings. The molecule has 3 N–H and O–H groups in total. The van der Waals surface area contributed by atoms with E-state index in [0.717, 1.165) is 58.2 Å². The smallest absolute Gasteiger partial charge is 0.227 e. The molecule has 1 heterocycles. The van der Waals surface area contributed by atoms with Crippen LogP contribution >= 0.6 is 0 Å². The first-order valence-electron chi connectivity index (χ1n) is 9.09. The number of piperidine rings is 1. The van der Waals surface area contributed by atoms with Gasteiger partial charge in [0.15, 0.2) is 0 Å². The van der Waals surface area contributed by atoms with Gasteiger partial charge >= 0.3 is 0 Å². The topological polar surface area (TPSA) is 72.8 Å². The van der Waals surface area contributed by atoms with Crippen molar-refractivity contribution in [3.8, 4) is 5.75 Å². The van der Waals surface area contributed by atoms with Crippen molar-refractivity contribution in [3.63, 3.8) is 0 Å². The molecule has 0 unspecified atom stereocenters. The number of likely N-dealkylation sites (tertiary alicyclic amines) is 1. The van der Waals surface area contributed by atoms with E-state index in [-0.39, 0.29) is 17.6 Å². The first-order valence-corrected chi connectivity index (χ1v) is 9.09. The third kappa shape index (κ3) is 4.28. The summed E-state index contributed by atoms with van der Waals surface area (Å²) >= 11 is 0. The van der Waals surface area contributed by atoms with Crippen LogP contribution in [0.2, 0.25) is 0 Å². The maximum Gasteiger partial charge on any atom is 0.227 e. The van der Waals surface area contributed by atoms with Crippen LogP contribution in [0, 0.1) is 5.92 Å². The van der Waals surface area contributed by atoms with Gasteiger partial charge in [0.05, 0.1) is 11.3 Å². The van der Waals surface area contributed by atoms with Crippen LogP contribution in [0.25, 0.3) is 0 Å². The summed E-state index contributed by atoms with van der Waals surface area (Å²) in [6.45, 7) is 2.43. The molecule has 0 radical (unpaired) electrons. The van der Waals surface area contributed by atoms with Crippen molar-refractivity contribution >= 4 is 11.6 Å². The van der Waals surface area contributed by atoms with Crippen molar-refractivity contribution in [3.05, 3.63) is 24.3 Å². The molecule has 5 nitrogen and oxygen atoms in total. The second-order valence-corrected chi connectivity index (χ2v) is 7.34. The van der Waals surface area contributed by atoms with Crippen molar-refractivity contribution in [2.75, 3.05) is 25.0 Å². The number of carbonyl (C=O) groups is 1. The zero-order valence-electron chi connectivity index (χ0n) is 14.2. The number of benzene rings is 1. The van der Waals surface area contributed by atoms with Crippen molar-refractivity contribution < 1.29 is 15.0 Å². The maximum absolute atomic E-state index is 12.4. The van der Waals surface area contributed by atoms with E-state index in [9.17, 15) is 15.0 Å². The monoisotopic (exact) mass is 332 g/mol. The average Bonchev–Trinajstić information content (AvgIpc) is 2.58. The lowest BCUT2D eigenvalue weighted by Crippen LogP contribution is -2.48. The van der Waals surface area contributed by atoms with Gasteiger partial charge in [0.25, 0.3) is 0 Å². The molecule has 132 valence electrons. The Hall–Kier alpha value is -1.59. The number of phenols is 1. The molecule has 24 heavy (non-hydrogen) atoms. The molecular weight excluding hydrogens is 304 g/mol. The van der Waals surface area contributed by atoms with E-state index in [4.69, 9.17) is 0 Å². The molecule has 1 aromatic rings. The highest BCUT2D eigenvalue weighted by atomic mass is 16.3. The molecule has 0 bridgehead atoms. The Labute approximate surface area is 143 Å². The van der Waals surface area contributed by atoms with Crippen LogP contribution in [-0.2, 0) is 4.79 Å². The van der Waals surface area contributed by atoms with Gasteiger partial charge in [-0.05, 0) is 50.9 Å². The highest BCUT2D eigenvalue weighted by Crippen LogP contribution is 2.30. The van der Waals surface area contributed by atoms with Gasteiger partial charge in [-0.2, -0.15) is 0 Å². The number of phenolic OH excluding ortho intramolecular Hbond substituents is 1. The fourth-order valence-corrected chi connectivity index (χ4v) is 3.95. The molecule has 0 aromatic heterocycles. The van der Waals surface area contributed by atoms with Crippen LogP contribution in [0.1, 0.15) is 44.9 Å². The summed E-state index contributed by atoms with van der Waals surface area (Å²) in [7, 11) is 0. The average molecular weight is 332 g/mol. The van der Waals surface area contributed by atoms with Crippen molar-refractivity contribution in [2.24, 2.45) is 5.92 Å². The largest absolute Gasteiger partial charge is 0.506 e. The van der Waals surface area contributed by atoms with E-state index in [1.807, 2.05) is 0 Å². The minimum Gasteiger partial charge on any atom is -0.506 e. The molecule has 1 aromatic carbocycles. The Balaban J connectivity index is 1.48. The third-order valence-corrected chi connectivity index (χ3v) is 5.42. The minimum atomic E-state index is -0.525. The van der Waals surface area contributed by atoms with Crippen LogP contribution in [0.4, 0.5) is 5.69 Å². The van der Waals surface area contributed by atoms with Gasteiger partial charge in [-0.25, -0.2) is 0 Å². The number of nitrogens with one attached hydrogen (secondary N) is 1. The van der Waals surface area contributed by atoms with Gasteiger partial charge in [-0.1, -0.05) is 31.4 Å².